The van der Waals surface area contributed by atoms with E-state index in [1.807, 2.05) is 6.07 Å². The minimum Gasteiger partial charge on any atom is -0.381 e. The van der Waals surface area contributed by atoms with Crippen molar-refractivity contribution >= 4 is 11.7 Å². The third-order valence-corrected chi connectivity index (χ3v) is 5.45. The van der Waals surface area contributed by atoms with E-state index in [0.29, 0.717) is 30.6 Å². The van der Waals surface area contributed by atoms with E-state index in [1.54, 1.807) is 6.07 Å². The van der Waals surface area contributed by atoms with Gasteiger partial charge >= 0.3 is 0 Å². The van der Waals surface area contributed by atoms with Gasteiger partial charge in [-0.05, 0) is 61.3 Å². The molecule has 2 N–H and O–H groups in total. The number of hydrogen-bond donors (Lipinski definition) is 2. The summed E-state index contributed by atoms with van der Waals surface area (Å²) < 4.78 is 5.31. The largest absolute Gasteiger partial charge is 0.381 e. The predicted molar refractivity (Wildman–Crippen MR) is 104 cm³/mol. The molecule has 2 aromatic rings. The van der Waals surface area contributed by atoms with Gasteiger partial charge in [-0.2, -0.15) is 0 Å². The van der Waals surface area contributed by atoms with E-state index < -0.39 is 0 Å². The summed E-state index contributed by atoms with van der Waals surface area (Å²) in [6.45, 7) is 2.26. The number of hydrogen-bond acceptors (Lipinski definition) is 5. The number of rotatable bonds is 6. The molecule has 27 heavy (non-hydrogen) atoms. The average molecular weight is 366 g/mol. The molecule has 1 fully saturated rings. The van der Waals surface area contributed by atoms with Crippen molar-refractivity contribution in [3.63, 3.8) is 0 Å². The zero-order chi connectivity index (χ0) is 18.5. The molecule has 1 aromatic carbocycles. The van der Waals surface area contributed by atoms with Gasteiger partial charge in [-0.25, -0.2) is 0 Å². The van der Waals surface area contributed by atoms with Crippen molar-refractivity contribution in [2.24, 2.45) is 5.92 Å². The van der Waals surface area contributed by atoms with E-state index in [9.17, 15) is 4.79 Å². The molecule has 0 spiro atoms. The molecule has 1 aromatic heterocycles. The molecule has 2 heterocycles. The summed E-state index contributed by atoms with van der Waals surface area (Å²) in [6.07, 6.45) is 5.12. The van der Waals surface area contributed by atoms with Gasteiger partial charge in [0.15, 0.2) is 5.69 Å². The minimum absolute atomic E-state index is 0.162. The monoisotopic (exact) mass is 366 g/mol. The Labute approximate surface area is 159 Å². The van der Waals surface area contributed by atoms with Gasteiger partial charge in [0, 0.05) is 25.8 Å². The van der Waals surface area contributed by atoms with Crippen LogP contribution in [0.5, 0.6) is 0 Å². The second kappa shape index (κ2) is 8.48. The van der Waals surface area contributed by atoms with Crippen molar-refractivity contribution in [1.82, 2.24) is 15.5 Å². The number of aromatic nitrogens is 2. The van der Waals surface area contributed by atoms with E-state index in [2.05, 4.69) is 45.1 Å². The SMILES string of the molecule is O=C(NC1CCOCC1)c1ccc(NCCC2Cc3ccccc3C2)nn1. The van der Waals surface area contributed by atoms with Crippen LogP contribution < -0.4 is 10.6 Å². The molecular formula is C21H26N4O2. The van der Waals surface area contributed by atoms with Gasteiger partial charge in [0.05, 0.1) is 0 Å². The molecule has 0 bridgehead atoms. The van der Waals surface area contributed by atoms with Crippen LogP contribution in [0, 0.1) is 5.92 Å². The second-order valence-electron chi connectivity index (χ2n) is 7.42. The minimum atomic E-state index is -0.162. The molecular weight excluding hydrogens is 340 g/mol. The van der Waals surface area contributed by atoms with Gasteiger partial charge in [0.2, 0.25) is 0 Å². The maximum absolute atomic E-state index is 12.2. The van der Waals surface area contributed by atoms with Crippen molar-refractivity contribution in [2.45, 2.75) is 38.1 Å². The quantitative estimate of drug-likeness (QED) is 0.822. The molecule has 0 radical (unpaired) electrons. The highest BCUT2D eigenvalue weighted by Crippen LogP contribution is 2.28. The first-order chi connectivity index (χ1) is 13.3. The van der Waals surface area contributed by atoms with Gasteiger partial charge in [-0.15, -0.1) is 10.2 Å². The zero-order valence-corrected chi connectivity index (χ0v) is 15.5. The average Bonchev–Trinajstić information content (AvgIpc) is 3.12. The highest BCUT2D eigenvalue weighted by Gasteiger charge is 2.20. The van der Waals surface area contributed by atoms with Crippen molar-refractivity contribution in [1.29, 1.82) is 0 Å². The lowest BCUT2D eigenvalue weighted by atomic mass is 10.0. The Morgan fingerprint density at radius 2 is 1.78 bits per heavy atom. The van der Waals surface area contributed by atoms with Gasteiger partial charge in [-0.1, -0.05) is 24.3 Å². The number of carbonyl (C=O) groups excluding carboxylic acids is 1. The smallest absolute Gasteiger partial charge is 0.272 e. The highest BCUT2D eigenvalue weighted by atomic mass is 16.5. The Balaban J connectivity index is 1.22. The Morgan fingerprint density at radius 3 is 2.44 bits per heavy atom. The number of carbonyl (C=O) groups is 1. The van der Waals surface area contributed by atoms with Crippen molar-refractivity contribution in [3.8, 4) is 0 Å². The van der Waals surface area contributed by atoms with E-state index >= 15 is 0 Å². The molecule has 1 aliphatic carbocycles. The molecule has 142 valence electrons. The molecule has 0 atom stereocenters. The first-order valence-corrected chi connectivity index (χ1v) is 9.81. The fraction of sp³-hybridized carbons (Fsp3) is 0.476. The number of amides is 1. The Kier molecular flexibility index (Phi) is 5.63. The number of ether oxygens (including phenoxy) is 1. The first kappa shape index (κ1) is 17.9. The number of nitrogens with zero attached hydrogens (tertiary/aromatic N) is 2. The van der Waals surface area contributed by atoms with Crippen LogP contribution in [-0.4, -0.2) is 41.9 Å². The summed E-state index contributed by atoms with van der Waals surface area (Å²) in [6, 6.07) is 12.4. The topological polar surface area (TPSA) is 76.1 Å². The Bertz CT molecular complexity index is 747. The zero-order valence-electron chi connectivity index (χ0n) is 15.5. The molecule has 6 nitrogen and oxygen atoms in total. The van der Waals surface area contributed by atoms with E-state index in [0.717, 1.165) is 38.6 Å². The van der Waals surface area contributed by atoms with Crippen LogP contribution in [0.3, 0.4) is 0 Å². The third-order valence-electron chi connectivity index (χ3n) is 5.45. The van der Waals surface area contributed by atoms with E-state index in [-0.39, 0.29) is 11.9 Å². The second-order valence-corrected chi connectivity index (χ2v) is 7.42. The molecule has 4 rings (SSSR count). The summed E-state index contributed by atoms with van der Waals surface area (Å²) in [5.41, 5.74) is 3.34. The Hall–Kier alpha value is -2.47. The van der Waals surface area contributed by atoms with E-state index in [4.69, 9.17) is 4.74 Å². The lowest BCUT2D eigenvalue weighted by Gasteiger charge is -2.22. The lowest BCUT2D eigenvalue weighted by molar-refractivity contribution is 0.0693. The van der Waals surface area contributed by atoms with Crippen LogP contribution in [0.15, 0.2) is 36.4 Å². The summed E-state index contributed by atoms with van der Waals surface area (Å²) in [5, 5.41) is 14.5. The predicted octanol–water partition coefficient (Wildman–Crippen LogP) is 2.60. The van der Waals surface area contributed by atoms with Crippen LogP contribution in [0.2, 0.25) is 0 Å². The molecule has 0 unspecified atom stereocenters. The molecule has 0 saturated carbocycles. The number of fused-ring (bicyclic) bond motifs is 1. The van der Waals surface area contributed by atoms with Gasteiger partial charge in [0.1, 0.15) is 5.82 Å². The van der Waals surface area contributed by atoms with Gasteiger partial charge in [-0.3, -0.25) is 4.79 Å². The highest BCUT2D eigenvalue weighted by molar-refractivity contribution is 5.92. The van der Waals surface area contributed by atoms with Crippen molar-refractivity contribution in [3.05, 3.63) is 53.2 Å². The summed E-state index contributed by atoms with van der Waals surface area (Å²) in [4.78, 5) is 12.2. The summed E-state index contributed by atoms with van der Waals surface area (Å²) >= 11 is 0. The normalized spacial score (nSPS) is 17.5. The summed E-state index contributed by atoms with van der Waals surface area (Å²) in [5.74, 6) is 1.24. The number of anilines is 1. The van der Waals surface area contributed by atoms with E-state index in [1.165, 1.54) is 11.1 Å². The molecule has 1 saturated heterocycles. The van der Waals surface area contributed by atoms with Crippen molar-refractivity contribution < 1.29 is 9.53 Å². The van der Waals surface area contributed by atoms with Gasteiger partial charge < -0.3 is 15.4 Å². The van der Waals surface area contributed by atoms with Crippen LogP contribution in [0.4, 0.5) is 5.82 Å². The lowest BCUT2D eigenvalue weighted by Crippen LogP contribution is -2.39. The maximum atomic E-state index is 12.2. The number of nitrogens with one attached hydrogen (secondary N) is 2. The maximum Gasteiger partial charge on any atom is 0.272 e. The molecule has 1 amide bonds. The van der Waals surface area contributed by atoms with Gasteiger partial charge in [0.25, 0.3) is 5.91 Å². The fourth-order valence-electron chi connectivity index (χ4n) is 3.91. The fourth-order valence-corrected chi connectivity index (χ4v) is 3.91. The third kappa shape index (κ3) is 4.63. The molecule has 1 aliphatic heterocycles. The Morgan fingerprint density at radius 1 is 1.04 bits per heavy atom. The number of benzene rings is 1. The standard InChI is InChI=1S/C21H26N4O2/c26-21(23-18-8-11-27-12-9-18)19-5-6-20(25-24-19)22-10-7-15-13-16-3-1-2-4-17(16)14-15/h1-6,15,18H,7-14H2,(H,22,25)(H,23,26). The first-order valence-electron chi connectivity index (χ1n) is 9.81. The van der Waals surface area contributed by atoms with Crippen LogP contribution in [-0.2, 0) is 17.6 Å². The van der Waals surface area contributed by atoms with Crippen LogP contribution in [0.1, 0.15) is 40.9 Å². The molecule has 2 aliphatic rings. The van der Waals surface area contributed by atoms with Crippen LogP contribution >= 0.6 is 0 Å². The van der Waals surface area contributed by atoms with Crippen molar-refractivity contribution in [2.75, 3.05) is 25.1 Å². The van der Waals surface area contributed by atoms with Crippen LogP contribution in [0.25, 0.3) is 0 Å². The molecule has 6 heteroatoms. The summed E-state index contributed by atoms with van der Waals surface area (Å²) in [7, 11) is 0.